The van der Waals surface area contributed by atoms with E-state index in [2.05, 4.69) is 12.1 Å². The van der Waals surface area contributed by atoms with Crippen LogP contribution in [0.1, 0.15) is 17.0 Å². The molecule has 0 unspecified atom stereocenters. The fourth-order valence-electron chi connectivity index (χ4n) is 4.78. The minimum Gasteiger partial charge on any atom is -0.497 e. The average molecular weight is 415 g/mol. The molecule has 2 aliphatic rings. The van der Waals surface area contributed by atoms with Crippen LogP contribution >= 0.6 is 0 Å². The van der Waals surface area contributed by atoms with Crippen LogP contribution in [0.2, 0.25) is 0 Å². The number of ether oxygens (including phenoxy) is 3. The second-order valence-corrected chi connectivity index (χ2v) is 7.44. The van der Waals surface area contributed by atoms with E-state index in [0.29, 0.717) is 17.1 Å². The molecule has 0 aromatic heterocycles. The van der Waals surface area contributed by atoms with E-state index in [1.807, 2.05) is 41.3 Å². The first-order valence-electron chi connectivity index (χ1n) is 9.73. The molecule has 2 aromatic carbocycles. The number of carbonyl (C=O) groups excluding carboxylic acids is 1. The Kier molecular flexibility index (Phi) is 5.04. The van der Waals surface area contributed by atoms with E-state index >= 15 is 0 Å². The number of fused-ring (bicyclic) bond motifs is 3. The number of nitriles is 2. The van der Waals surface area contributed by atoms with Gasteiger partial charge in [-0.2, -0.15) is 10.5 Å². The molecule has 2 aromatic rings. The molecular weight excluding hydrogens is 394 g/mol. The van der Waals surface area contributed by atoms with Crippen molar-refractivity contribution in [2.45, 2.75) is 18.0 Å². The Labute approximate surface area is 180 Å². The third-order valence-electron chi connectivity index (χ3n) is 6.12. The van der Waals surface area contributed by atoms with Crippen LogP contribution in [0.3, 0.4) is 0 Å². The molecule has 2 aliphatic heterocycles. The zero-order chi connectivity index (χ0) is 22.2. The van der Waals surface area contributed by atoms with E-state index < -0.39 is 29.4 Å². The minimum absolute atomic E-state index is 0.503. The summed E-state index contributed by atoms with van der Waals surface area (Å²) < 4.78 is 15.9. The number of nitrogens with zero attached hydrogens (tertiary/aromatic N) is 3. The van der Waals surface area contributed by atoms with E-state index in [0.717, 1.165) is 11.3 Å². The summed E-state index contributed by atoms with van der Waals surface area (Å²) in [6.07, 6.45) is 3.69. The van der Waals surface area contributed by atoms with Gasteiger partial charge in [0.25, 0.3) is 0 Å². The largest absolute Gasteiger partial charge is 0.497 e. The van der Waals surface area contributed by atoms with Crippen LogP contribution in [0.4, 0.5) is 5.69 Å². The third kappa shape index (κ3) is 2.82. The summed E-state index contributed by atoms with van der Waals surface area (Å²) in [7, 11) is 4.30. The monoisotopic (exact) mass is 415 g/mol. The van der Waals surface area contributed by atoms with Gasteiger partial charge in [-0.3, -0.25) is 4.79 Å². The molecule has 1 fully saturated rings. The van der Waals surface area contributed by atoms with E-state index in [-0.39, 0.29) is 0 Å². The lowest BCUT2D eigenvalue weighted by molar-refractivity contribution is -0.150. The predicted molar refractivity (Wildman–Crippen MR) is 113 cm³/mol. The zero-order valence-corrected chi connectivity index (χ0v) is 17.4. The molecule has 0 amide bonds. The average Bonchev–Trinajstić information content (AvgIpc) is 3.13. The molecule has 0 saturated carbocycles. The first-order valence-corrected chi connectivity index (χ1v) is 9.73. The smallest absolute Gasteiger partial charge is 0.329 e. The van der Waals surface area contributed by atoms with Crippen molar-refractivity contribution in [2.75, 3.05) is 26.2 Å². The van der Waals surface area contributed by atoms with Crippen molar-refractivity contribution in [3.63, 3.8) is 0 Å². The third-order valence-corrected chi connectivity index (χ3v) is 6.12. The quantitative estimate of drug-likeness (QED) is 0.707. The fraction of sp³-hybridized carbons (Fsp3) is 0.292. The molecule has 0 radical (unpaired) electrons. The molecular formula is C24H21N3O4. The van der Waals surface area contributed by atoms with Crippen molar-refractivity contribution in [3.8, 4) is 23.6 Å². The van der Waals surface area contributed by atoms with Crippen LogP contribution in [0.5, 0.6) is 11.5 Å². The van der Waals surface area contributed by atoms with Gasteiger partial charge in [-0.05, 0) is 29.3 Å². The number of rotatable bonds is 4. The Morgan fingerprint density at radius 1 is 1.06 bits per heavy atom. The molecule has 7 heteroatoms. The molecule has 31 heavy (non-hydrogen) atoms. The number of anilines is 1. The highest BCUT2D eigenvalue weighted by molar-refractivity contribution is 5.89. The normalized spacial score (nSPS) is 25.6. The standard InChI is InChI=1S/C24H21N3O4/c1-29-17-10-16(11-18(12-17)30-2)22-20(13-25)27-19-7-5-4-6-15(19)8-9-21(27)24(22,14-26)23(28)31-3/h4-12,20-22H,1-3H3/t20-,21+,22+,24+/m1/s1. The lowest BCUT2D eigenvalue weighted by atomic mass is 9.69. The highest BCUT2D eigenvalue weighted by Gasteiger charge is 2.66. The van der Waals surface area contributed by atoms with Crippen molar-refractivity contribution < 1.29 is 19.0 Å². The van der Waals surface area contributed by atoms with Crippen LogP contribution in [-0.4, -0.2) is 39.4 Å². The van der Waals surface area contributed by atoms with Crippen LogP contribution < -0.4 is 14.4 Å². The fourth-order valence-corrected chi connectivity index (χ4v) is 4.78. The van der Waals surface area contributed by atoms with E-state index in [9.17, 15) is 15.3 Å². The first-order chi connectivity index (χ1) is 15.0. The van der Waals surface area contributed by atoms with Gasteiger partial charge in [-0.1, -0.05) is 30.4 Å². The summed E-state index contributed by atoms with van der Waals surface area (Å²) in [5, 5.41) is 20.7. The SMILES string of the molecule is COC(=O)[C@@]1(C#N)[C@@H]2C=Cc3ccccc3N2[C@H](C#N)[C@@H]1c1cc(OC)cc(OC)c1. The lowest BCUT2D eigenvalue weighted by Crippen LogP contribution is -2.46. The number of methoxy groups -OCH3 is 3. The van der Waals surface area contributed by atoms with Crippen molar-refractivity contribution in [2.24, 2.45) is 5.41 Å². The number of benzene rings is 2. The summed E-state index contributed by atoms with van der Waals surface area (Å²) in [4.78, 5) is 15.1. The van der Waals surface area contributed by atoms with Gasteiger partial charge in [0.15, 0.2) is 5.41 Å². The number of hydrogen-bond acceptors (Lipinski definition) is 7. The van der Waals surface area contributed by atoms with E-state index in [1.165, 1.54) is 21.3 Å². The molecule has 0 spiro atoms. The minimum atomic E-state index is -1.64. The van der Waals surface area contributed by atoms with Crippen molar-refractivity contribution in [1.82, 2.24) is 0 Å². The number of para-hydroxylation sites is 1. The van der Waals surface area contributed by atoms with Gasteiger partial charge < -0.3 is 19.1 Å². The van der Waals surface area contributed by atoms with Gasteiger partial charge in [0.1, 0.15) is 17.5 Å². The van der Waals surface area contributed by atoms with Crippen LogP contribution in [0.15, 0.2) is 48.5 Å². The van der Waals surface area contributed by atoms with Gasteiger partial charge in [-0.15, -0.1) is 0 Å². The highest BCUT2D eigenvalue weighted by atomic mass is 16.5. The predicted octanol–water partition coefficient (Wildman–Crippen LogP) is 3.28. The van der Waals surface area contributed by atoms with Gasteiger partial charge >= 0.3 is 5.97 Å². The summed E-state index contributed by atoms with van der Waals surface area (Å²) >= 11 is 0. The van der Waals surface area contributed by atoms with Gasteiger partial charge in [0, 0.05) is 17.7 Å². The van der Waals surface area contributed by atoms with Gasteiger partial charge in [0.05, 0.1) is 39.5 Å². The van der Waals surface area contributed by atoms with Crippen molar-refractivity contribution >= 4 is 17.7 Å². The topological polar surface area (TPSA) is 95.6 Å². The van der Waals surface area contributed by atoms with Gasteiger partial charge in [-0.25, -0.2) is 0 Å². The van der Waals surface area contributed by atoms with E-state index in [1.54, 1.807) is 18.2 Å². The second-order valence-electron chi connectivity index (χ2n) is 7.44. The molecule has 156 valence electrons. The van der Waals surface area contributed by atoms with Crippen LogP contribution in [0.25, 0.3) is 6.08 Å². The molecule has 4 atom stereocenters. The van der Waals surface area contributed by atoms with Crippen molar-refractivity contribution in [3.05, 3.63) is 59.7 Å². The molecule has 4 rings (SSSR count). The second kappa shape index (κ2) is 7.70. The van der Waals surface area contributed by atoms with Crippen LogP contribution in [-0.2, 0) is 9.53 Å². The van der Waals surface area contributed by atoms with Gasteiger partial charge in [0.2, 0.25) is 0 Å². The Hall–Kier alpha value is -3.97. The zero-order valence-electron chi connectivity index (χ0n) is 17.4. The maximum atomic E-state index is 13.2. The Morgan fingerprint density at radius 2 is 1.74 bits per heavy atom. The van der Waals surface area contributed by atoms with Crippen LogP contribution in [0, 0.1) is 28.1 Å². The van der Waals surface area contributed by atoms with Crippen molar-refractivity contribution in [1.29, 1.82) is 10.5 Å². The number of carbonyl (C=O) groups is 1. The Morgan fingerprint density at radius 3 is 2.32 bits per heavy atom. The molecule has 0 aliphatic carbocycles. The molecule has 2 heterocycles. The Balaban J connectivity index is 2.02. The molecule has 0 N–H and O–H groups in total. The maximum Gasteiger partial charge on any atom is 0.329 e. The summed E-state index contributed by atoms with van der Waals surface area (Å²) in [5.41, 5.74) is 0.660. The van der Waals surface area contributed by atoms with E-state index in [4.69, 9.17) is 14.2 Å². The first kappa shape index (κ1) is 20.3. The summed E-state index contributed by atoms with van der Waals surface area (Å²) in [6.45, 7) is 0. The summed E-state index contributed by atoms with van der Waals surface area (Å²) in [6, 6.07) is 15.9. The molecule has 7 nitrogen and oxygen atoms in total. The highest BCUT2D eigenvalue weighted by Crippen LogP contribution is 2.56. The maximum absolute atomic E-state index is 13.2. The Bertz CT molecular complexity index is 1120. The number of esters is 1. The number of hydrogen-bond donors (Lipinski definition) is 0. The summed E-state index contributed by atoms with van der Waals surface area (Å²) in [5.74, 6) is -0.481. The lowest BCUT2D eigenvalue weighted by Gasteiger charge is -2.35. The molecule has 1 saturated heterocycles. The molecule has 0 bridgehead atoms.